The molecule has 0 saturated heterocycles. The summed E-state index contributed by atoms with van der Waals surface area (Å²) in [7, 11) is 1.46. The molecule has 0 spiro atoms. The van der Waals surface area contributed by atoms with Gasteiger partial charge in [0.05, 0.1) is 7.11 Å². The first-order valence-electron chi connectivity index (χ1n) is 13.4. The molecule has 0 aliphatic carbocycles. The van der Waals surface area contributed by atoms with Crippen molar-refractivity contribution in [2.24, 2.45) is 0 Å². The molecule has 0 fully saturated rings. The maximum absolute atomic E-state index is 10.8. The molecule has 4 heteroatoms. The van der Waals surface area contributed by atoms with Crippen LogP contribution in [-0.2, 0) is 14.3 Å². The van der Waals surface area contributed by atoms with Crippen molar-refractivity contribution >= 4 is 11.9 Å². The lowest BCUT2D eigenvalue weighted by molar-refractivity contribution is -0.141. The van der Waals surface area contributed by atoms with Gasteiger partial charge in [-0.1, -0.05) is 129 Å². The van der Waals surface area contributed by atoms with Gasteiger partial charge in [-0.05, 0) is 12.8 Å². The summed E-state index contributed by atoms with van der Waals surface area (Å²) in [6, 6.07) is 0. The summed E-state index contributed by atoms with van der Waals surface area (Å²) in [4.78, 5) is 21.1. The van der Waals surface area contributed by atoms with Gasteiger partial charge in [0.15, 0.2) is 0 Å². The number of carboxylic acids is 1. The number of hydrogen-bond donors (Lipinski definition) is 1. The second-order valence-electron chi connectivity index (χ2n) is 8.83. The predicted molar refractivity (Wildman–Crippen MR) is 133 cm³/mol. The molecule has 0 aromatic heterocycles. The number of rotatable bonds is 22. The monoisotopic (exact) mass is 442 g/mol. The number of unbranched alkanes of at least 4 members (excludes halogenated alkanes) is 18. The molecule has 0 amide bonds. The minimum atomic E-state index is -0.659. The van der Waals surface area contributed by atoms with Gasteiger partial charge in [0.1, 0.15) is 0 Å². The van der Waals surface area contributed by atoms with Crippen LogP contribution in [0, 0.1) is 0 Å². The van der Waals surface area contributed by atoms with Gasteiger partial charge in [-0.25, -0.2) is 0 Å². The molecular formula is C27H54O4. The lowest BCUT2D eigenvalue weighted by Crippen LogP contribution is -1.99. The molecule has 186 valence electrons. The van der Waals surface area contributed by atoms with Crippen LogP contribution in [0.4, 0.5) is 0 Å². The Hall–Kier alpha value is -1.06. The van der Waals surface area contributed by atoms with Crippen molar-refractivity contribution in [1.82, 2.24) is 0 Å². The fourth-order valence-electron chi connectivity index (χ4n) is 3.62. The molecule has 0 heterocycles. The Balaban J connectivity index is 0. The number of carbonyl (C=O) groups excluding carboxylic acids is 1. The van der Waals surface area contributed by atoms with E-state index in [2.05, 4.69) is 18.6 Å². The smallest absolute Gasteiger partial charge is 0.305 e. The Bertz CT molecular complexity index is 368. The minimum Gasteiger partial charge on any atom is -0.481 e. The van der Waals surface area contributed by atoms with Crippen molar-refractivity contribution in [1.29, 1.82) is 0 Å². The number of carbonyl (C=O) groups is 2. The molecule has 0 atom stereocenters. The fraction of sp³-hybridized carbons (Fsp3) is 0.926. The van der Waals surface area contributed by atoms with Crippen molar-refractivity contribution in [3.63, 3.8) is 0 Å². The molecule has 0 saturated carbocycles. The Kier molecular flexibility index (Phi) is 30.0. The number of ether oxygens (including phenoxy) is 1. The maximum atomic E-state index is 10.8. The van der Waals surface area contributed by atoms with Crippen molar-refractivity contribution < 1.29 is 19.4 Å². The summed E-state index contributed by atoms with van der Waals surface area (Å²) < 4.78 is 4.60. The van der Waals surface area contributed by atoms with Gasteiger partial charge in [-0.2, -0.15) is 0 Å². The average molecular weight is 443 g/mol. The van der Waals surface area contributed by atoms with Crippen LogP contribution in [0.3, 0.4) is 0 Å². The Labute approximate surface area is 193 Å². The van der Waals surface area contributed by atoms with Gasteiger partial charge in [0.2, 0.25) is 0 Å². The van der Waals surface area contributed by atoms with Crippen LogP contribution in [-0.4, -0.2) is 24.2 Å². The number of methoxy groups -OCH3 is 1. The van der Waals surface area contributed by atoms with Gasteiger partial charge in [-0.15, -0.1) is 0 Å². The van der Waals surface area contributed by atoms with Crippen LogP contribution in [0.15, 0.2) is 0 Å². The molecule has 4 nitrogen and oxygen atoms in total. The summed E-state index contributed by atoms with van der Waals surface area (Å²) in [6.07, 6.45) is 26.5. The van der Waals surface area contributed by atoms with Crippen molar-refractivity contribution in [3.05, 3.63) is 0 Å². The molecule has 31 heavy (non-hydrogen) atoms. The van der Waals surface area contributed by atoms with Crippen molar-refractivity contribution in [2.45, 2.75) is 155 Å². The number of carboxylic acid groups (broad SMARTS) is 1. The van der Waals surface area contributed by atoms with Crippen molar-refractivity contribution in [3.8, 4) is 0 Å². The van der Waals surface area contributed by atoms with Gasteiger partial charge < -0.3 is 9.84 Å². The molecule has 0 aliphatic heterocycles. The zero-order valence-electron chi connectivity index (χ0n) is 21.2. The van der Waals surface area contributed by atoms with Gasteiger partial charge in [-0.3, -0.25) is 9.59 Å². The summed E-state index contributed by atoms with van der Waals surface area (Å²) in [6.45, 7) is 4.49. The Morgan fingerprint density at radius 1 is 0.516 bits per heavy atom. The standard InChI is InChI=1S/C15H30O2.C12H24O2/c1-3-4-5-6-7-8-9-10-11-12-13-14-15(16)17-2;1-2-3-4-5-6-7-8-9-10-11-12(13)14/h3-14H2,1-2H3;2-11H2,1H3,(H,13,14). The van der Waals surface area contributed by atoms with E-state index in [1.165, 1.54) is 116 Å². The average Bonchev–Trinajstić information content (AvgIpc) is 2.76. The van der Waals surface area contributed by atoms with Crippen LogP contribution in [0.2, 0.25) is 0 Å². The highest BCUT2D eigenvalue weighted by molar-refractivity contribution is 5.69. The van der Waals surface area contributed by atoms with E-state index < -0.39 is 5.97 Å². The van der Waals surface area contributed by atoms with E-state index in [1.54, 1.807) is 0 Å². The summed E-state index contributed by atoms with van der Waals surface area (Å²) in [5.74, 6) is -0.728. The summed E-state index contributed by atoms with van der Waals surface area (Å²) in [5.41, 5.74) is 0. The lowest BCUT2D eigenvalue weighted by atomic mass is 10.1. The van der Waals surface area contributed by atoms with Crippen LogP contribution < -0.4 is 0 Å². The number of esters is 1. The molecular weight excluding hydrogens is 388 g/mol. The molecule has 0 aromatic carbocycles. The van der Waals surface area contributed by atoms with E-state index in [1.807, 2.05) is 0 Å². The van der Waals surface area contributed by atoms with E-state index in [-0.39, 0.29) is 5.97 Å². The first kappa shape index (κ1) is 32.1. The number of aliphatic carboxylic acids is 1. The molecule has 1 N–H and O–H groups in total. The van der Waals surface area contributed by atoms with Crippen LogP contribution >= 0.6 is 0 Å². The Morgan fingerprint density at radius 2 is 0.806 bits per heavy atom. The van der Waals surface area contributed by atoms with Crippen LogP contribution in [0.5, 0.6) is 0 Å². The molecule has 0 bridgehead atoms. The molecule has 0 radical (unpaired) electrons. The fourth-order valence-corrected chi connectivity index (χ4v) is 3.62. The second kappa shape index (κ2) is 28.9. The quantitative estimate of drug-likeness (QED) is 0.134. The summed E-state index contributed by atoms with van der Waals surface area (Å²) >= 11 is 0. The van der Waals surface area contributed by atoms with Crippen molar-refractivity contribution in [2.75, 3.05) is 7.11 Å². The molecule has 0 rings (SSSR count). The third kappa shape index (κ3) is 33.8. The van der Waals surface area contributed by atoms with Crippen LogP contribution in [0.1, 0.15) is 155 Å². The van der Waals surface area contributed by atoms with E-state index in [4.69, 9.17) is 5.11 Å². The molecule has 0 aliphatic rings. The first-order valence-corrected chi connectivity index (χ1v) is 13.4. The topological polar surface area (TPSA) is 63.6 Å². The minimum absolute atomic E-state index is 0.0686. The second-order valence-corrected chi connectivity index (χ2v) is 8.83. The SMILES string of the molecule is CCCCCCCCCCCC(=O)O.CCCCCCCCCCCCCC(=O)OC. The van der Waals surface area contributed by atoms with Gasteiger partial charge >= 0.3 is 11.9 Å². The van der Waals surface area contributed by atoms with Gasteiger partial charge in [0.25, 0.3) is 0 Å². The van der Waals surface area contributed by atoms with E-state index in [9.17, 15) is 9.59 Å². The van der Waals surface area contributed by atoms with Gasteiger partial charge in [0, 0.05) is 12.8 Å². The number of hydrogen-bond acceptors (Lipinski definition) is 3. The predicted octanol–water partition coefficient (Wildman–Crippen LogP) is 8.85. The van der Waals surface area contributed by atoms with Crippen LogP contribution in [0.25, 0.3) is 0 Å². The Morgan fingerprint density at radius 3 is 1.10 bits per heavy atom. The largest absolute Gasteiger partial charge is 0.481 e. The molecule has 0 aromatic rings. The molecule has 0 unspecified atom stereocenters. The summed E-state index contributed by atoms with van der Waals surface area (Å²) in [5, 5.41) is 8.41. The highest BCUT2D eigenvalue weighted by Crippen LogP contribution is 2.12. The third-order valence-corrected chi connectivity index (χ3v) is 5.71. The highest BCUT2D eigenvalue weighted by Gasteiger charge is 1.99. The zero-order valence-corrected chi connectivity index (χ0v) is 21.2. The normalized spacial score (nSPS) is 10.4. The van der Waals surface area contributed by atoms with E-state index in [0.29, 0.717) is 12.8 Å². The highest BCUT2D eigenvalue weighted by atomic mass is 16.5. The van der Waals surface area contributed by atoms with E-state index in [0.717, 1.165) is 19.3 Å². The maximum Gasteiger partial charge on any atom is 0.305 e. The van der Waals surface area contributed by atoms with E-state index >= 15 is 0 Å². The zero-order chi connectivity index (χ0) is 23.4. The first-order chi connectivity index (χ1) is 15.1. The third-order valence-electron chi connectivity index (χ3n) is 5.71. The lowest BCUT2D eigenvalue weighted by Gasteiger charge is -2.02.